The predicted molar refractivity (Wildman–Crippen MR) is 261 cm³/mol. The topological polar surface area (TPSA) is 170 Å². The third-order valence-electron chi connectivity index (χ3n) is 17.6. The summed E-state index contributed by atoms with van der Waals surface area (Å²) in [7, 11) is 0. The van der Waals surface area contributed by atoms with Crippen LogP contribution in [0.3, 0.4) is 0 Å². The molecule has 0 radical (unpaired) electrons. The number of carbonyl (C=O) groups is 2. The second-order valence-corrected chi connectivity index (χ2v) is 21.2. The molecule has 68 heavy (non-hydrogen) atoms. The van der Waals surface area contributed by atoms with Crippen LogP contribution in [0.5, 0.6) is 0 Å². The minimum atomic E-state index is -1.24. The van der Waals surface area contributed by atoms with Gasteiger partial charge in [-0.1, -0.05) is 77.6 Å². The zero-order valence-corrected chi connectivity index (χ0v) is 41.0. The van der Waals surface area contributed by atoms with Gasteiger partial charge in [-0.15, -0.1) is 0 Å². The van der Waals surface area contributed by atoms with Crippen LogP contribution in [-0.2, 0) is 4.74 Å². The van der Waals surface area contributed by atoms with Gasteiger partial charge in [0.05, 0.1) is 28.7 Å². The van der Waals surface area contributed by atoms with E-state index in [0.717, 1.165) is 66.4 Å². The van der Waals surface area contributed by atoms with Crippen molar-refractivity contribution < 1.29 is 54.5 Å². The smallest absolute Gasteiger partial charge is 0.870 e. The Morgan fingerprint density at radius 2 is 0.912 bits per heavy atom. The molecule has 4 saturated carbocycles. The molecule has 8 bridgehead atoms. The van der Waals surface area contributed by atoms with E-state index in [1.54, 1.807) is 11.5 Å². The van der Waals surface area contributed by atoms with Gasteiger partial charge in [0, 0.05) is 48.3 Å². The standard InChI is InChI=1S/C27H35N3O3.C25H31N3O3.2CH4.Na.H2O/c1-2-33-27(32)25-26(31)30(24-9-4-3-8-23(24)28-25)22-15-19-10-11-20(16-22)29(19)21-13-17-6-5-7-18(12-17)14-21;29-24-23(25(30)31)26-21-6-1-2-7-22(21)28(24)20-13-17-8-9-18(14-20)27(17)19-11-15-4-3-5-16(10-15)12-19;;;;/h3-4,8-9,17-22H,2,5-7,10-16H2,1H3;1-2,6-7,15-20H,3-5,8-14H2,(H,30,31);2*1H4;;1H2/q;;;;+1;/p-1/t17?,18?,19-,20+,21?,22?;15?,16?,17-,18+,19?,20?;;;;. The summed E-state index contributed by atoms with van der Waals surface area (Å²) in [6, 6.07) is 18.9. The van der Waals surface area contributed by atoms with Gasteiger partial charge in [0.1, 0.15) is 0 Å². The zero-order valence-electron chi connectivity index (χ0n) is 39.0. The Balaban J connectivity index is 0.000000190. The Bertz CT molecular complexity index is 2500. The molecule has 13 nitrogen and oxygen atoms in total. The van der Waals surface area contributed by atoms with Gasteiger partial charge in [0.2, 0.25) is 11.4 Å². The maximum Gasteiger partial charge on any atom is 1.00 e. The van der Waals surface area contributed by atoms with Crippen LogP contribution in [0.25, 0.3) is 22.1 Å². The zero-order chi connectivity index (χ0) is 43.6. The number of ether oxygens (including phenoxy) is 1. The van der Waals surface area contributed by atoms with Crippen LogP contribution in [0.4, 0.5) is 0 Å². The number of hydrogen-bond acceptors (Lipinski definition) is 10. The van der Waals surface area contributed by atoms with Crippen LogP contribution in [0.15, 0.2) is 58.1 Å². The molecule has 2 aromatic heterocycles. The fourth-order valence-corrected chi connectivity index (χ4v) is 15.4. The van der Waals surface area contributed by atoms with E-state index in [0.29, 0.717) is 41.2 Å². The molecule has 0 spiro atoms. The van der Waals surface area contributed by atoms with E-state index in [1.165, 1.54) is 103 Å². The van der Waals surface area contributed by atoms with Crippen LogP contribution < -0.4 is 40.7 Å². The number of carbonyl (C=O) groups excluding carboxylic acids is 1. The Hall–Kier alpha value is -3.46. The number of piperidine rings is 2. The van der Waals surface area contributed by atoms with E-state index >= 15 is 0 Å². The summed E-state index contributed by atoms with van der Waals surface area (Å²) in [4.78, 5) is 65.2. The number of nitrogens with zero attached hydrogens (tertiary/aromatic N) is 6. The molecule has 2 aromatic carbocycles. The summed E-state index contributed by atoms with van der Waals surface area (Å²) in [5, 5.41) is 9.57. The molecule has 14 heteroatoms. The number of rotatable bonds is 7. The van der Waals surface area contributed by atoms with E-state index in [9.17, 15) is 24.3 Å². The van der Waals surface area contributed by atoms with E-state index in [2.05, 4.69) is 19.8 Å². The first-order chi connectivity index (χ1) is 31.2. The van der Waals surface area contributed by atoms with E-state index < -0.39 is 17.5 Å². The number of carboxylic acid groups (broad SMARTS) is 1. The Kier molecular flexibility index (Phi) is 16.9. The second-order valence-electron chi connectivity index (χ2n) is 21.2. The van der Waals surface area contributed by atoms with Crippen molar-refractivity contribution in [2.24, 2.45) is 23.7 Å². The fraction of sp³-hybridized carbons (Fsp3) is 0.667. The number of fused-ring (bicyclic) bond motifs is 10. The molecule has 8 fully saturated rings. The van der Waals surface area contributed by atoms with Crippen molar-refractivity contribution in [2.75, 3.05) is 6.61 Å². The molecule has 6 heterocycles. The monoisotopic (exact) mass is 943 g/mol. The van der Waals surface area contributed by atoms with Gasteiger partial charge in [-0.25, -0.2) is 19.6 Å². The molecule has 12 rings (SSSR count). The van der Waals surface area contributed by atoms with Crippen LogP contribution in [-0.4, -0.2) is 94.3 Å². The van der Waals surface area contributed by atoms with Crippen molar-refractivity contribution in [3.05, 3.63) is 80.6 Å². The van der Waals surface area contributed by atoms with Crippen molar-refractivity contribution in [1.82, 2.24) is 28.9 Å². The third-order valence-corrected chi connectivity index (χ3v) is 17.6. The van der Waals surface area contributed by atoms with Gasteiger partial charge < -0.3 is 24.5 Å². The van der Waals surface area contributed by atoms with Crippen LogP contribution in [0.1, 0.15) is 183 Å². The molecule has 6 unspecified atom stereocenters. The number of para-hydroxylation sites is 4. The Morgan fingerprint density at radius 1 is 0.544 bits per heavy atom. The molecule has 2 N–H and O–H groups in total. The van der Waals surface area contributed by atoms with E-state index in [1.807, 2.05) is 53.1 Å². The van der Waals surface area contributed by atoms with Gasteiger partial charge in [0.25, 0.3) is 11.1 Å². The maximum atomic E-state index is 13.5. The molecule has 364 valence electrons. The molecule has 4 aliphatic heterocycles. The molecule has 4 aliphatic carbocycles. The van der Waals surface area contributed by atoms with Gasteiger partial charge in [0.15, 0.2) is 0 Å². The number of hydrogen-bond donors (Lipinski definition) is 1. The maximum absolute atomic E-state index is 13.5. The van der Waals surface area contributed by atoms with Crippen molar-refractivity contribution in [1.29, 1.82) is 0 Å². The van der Waals surface area contributed by atoms with Crippen LogP contribution >= 0.6 is 0 Å². The van der Waals surface area contributed by atoms with Crippen molar-refractivity contribution in [3.8, 4) is 0 Å². The van der Waals surface area contributed by atoms with Crippen molar-refractivity contribution >= 4 is 34.0 Å². The van der Waals surface area contributed by atoms with Crippen LogP contribution in [0, 0.1) is 23.7 Å². The number of aromatic nitrogens is 4. The van der Waals surface area contributed by atoms with Crippen molar-refractivity contribution in [2.45, 2.75) is 199 Å². The van der Waals surface area contributed by atoms with Gasteiger partial charge in [-0.2, -0.15) is 0 Å². The van der Waals surface area contributed by atoms with E-state index in [4.69, 9.17) is 4.74 Å². The average molecular weight is 943 g/mol. The summed E-state index contributed by atoms with van der Waals surface area (Å²) in [5.41, 5.74) is 1.71. The van der Waals surface area contributed by atoms with Gasteiger partial charge in [-0.3, -0.25) is 19.4 Å². The average Bonchev–Trinajstić information content (AvgIpc) is 3.72. The minimum absolute atomic E-state index is 0. The number of aromatic carboxylic acids is 1. The Labute approximate surface area is 424 Å². The van der Waals surface area contributed by atoms with Crippen LogP contribution in [0.2, 0.25) is 0 Å². The third kappa shape index (κ3) is 9.79. The second kappa shape index (κ2) is 21.9. The van der Waals surface area contributed by atoms with Gasteiger partial charge >= 0.3 is 41.5 Å². The first-order valence-corrected chi connectivity index (χ1v) is 25.2. The molecule has 0 amide bonds. The summed E-state index contributed by atoms with van der Waals surface area (Å²) < 4.78 is 8.81. The summed E-state index contributed by atoms with van der Waals surface area (Å²) in [5.74, 6) is 1.84. The minimum Gasteiger partial charge on any atom is -0.870 e. The summed E-state index contributed by atoms with van der Waals surface area (Å²) >= 11 is 0. The van der Waals surface area contributed by atoms with Crippen molar-refractivity contribution in [3.63, 3.8) is 0 Å². The first-order valence-electron chi connectivity index (χ1n) is 25.2. The molecule has 4 aromatic rings. The largest absolute Gasteiger partial charge is 1.00 e. The number of esters is 1. The predicted octanol–water partition coefficient (Wildman–Crippen LogP) is 7.04. The fourth-order valence-electron chi connectivity index (χ4n) is 15.4. The molecule has 8 aliphatic rings. The number of carboxylic acids is 1. The number of benzene rings is 2. The summed E-state index contributed by atoms with van der Waals surface area (Å²) in [6.45, 7) is 1.99. The Morgan fingerprint density at radius 3 is 1.29 bits per heavy atom. The molecule has 4 saturated heterocycles. The molecular formula is C54H75N6NaO7. The van der Waals surface area contributed by atoms with E-state index in [-0.39, 0.29) is 85.5 Å². The normalized spacial score (nSPS) is 32.5. The quantitative estimate of drug-likeness (QED) is 0.149. The molecular weight excluding hydrogens is 868 g/mol. The van der Waals surface area contributed by atoms with Gasteiger partial charge in [-0.05, 0) is 145 Å². The SMILES string of the molecule is C.C.CCOC(=O)c1nc2ccccc2n(C2C[C@H]3CC[C@@H](C2)N3C2CC3CCCC(C3)C2)c1=O.O=C(O)c1nc2ccccc2n(C2C[C@H]3CC[C@@H](C2)N3C2CC3CCCC(C3)C2)c1=O.[Na+].[OH-]. The first kappa shape index (κ1) is 52.4. The molecule has 10 atom stereocenters. The summed E-state index contributed by atoms with van der Waals surface area (Å²) in [6.07, 6.45) is 25.6.